The van der Waals surface area contributed by atoms with E-state index in [4.69, 9.17) is 0 Å². The van der Waals surface area contributed by atoms with Crippen LogP contribution in [0.1, 0.15) is 19.0 Å². The molecule has 0 atom stereocenters. The summed E-state index contributed by atoms with van der Waals surface area (Å²) in [6, 6.07) is 1.93. The Morgan fingerprint density at radius 1 is 1.36 bits per heavy atom. The number of aromatic nitrogens is 2. The van der Waals surface area contributed by atoms with Crippen molar-refractivity contribution in [2.24, 2.45) is 12.0 Å². The Morgan fingerprint density at radius 2 is 2.09 bits per heavy atom. The molecule has 3 N–H and O–H groups in total. The van der Waals surface area contributed by atoms with E-state index in [1.807, 2.05) is 13.1 Å². The fourth-order valence-corrected chi connectivity index (χ4v) is 2.25. The molecule has 0 amide bonds. The van der Waals surface area contributed by atoms with Crippen molar-refractivity contribution in [2.75, 3.05) is 25.9 Å². The maximum absolute atomic E-state index is 11.2. The highest BCUT2D eigenvalue weighted by molar-refractivity contribution is 14.0. The van der Waals surface area contributed by atoms with Crippen molar-refractivity contribution in [3.8, 4) is 0 Å². The molecule has 0 unspecified atom stereocenters. The van der Waals surface area contributed by atoms with E-state index < -0.39 is 10.0 Å². The molecule has 1 rings (SSSR count). The van der Waals surface area contributed by atoms with Gasteiger partial charge in [0.15, 0.2) is 5.96 Å². The zero-order chi connectivity index (χ0) is 15.7. The zero-order valence-corrected chi connectivity index (χ0v) is 16.3. The van der Waals surface area contributed by atoms with Crippen LogP contribution in [0.5, 0.6) is 0 Å². The molecule has 0 aliphatic heterocycles. The molecular formula is C12H25IN6O2S. The number of sulfonamides is 1. The molecule has 0 spiro atoms. The highest BCUT2D eigenvalue weighted by atomic mass is 127. The molecule has 0 aromatic carbocycles. The van der Waals surface area contributed by atoms with Crippen molar-refractivity contribution in [3.05, 3.63) is 18.0 Å². The van der Waals surface area contributed by atoms with E-state index in [1.54, 1.807) is 24.9 Å². The van der Waals surface area contributed by atoms with E-state index in [2.05, 4.69) is 25.4 Å². The van der Waals surface area contributed by atoms with Gasteiger partial charge in [0, 0.05) is 33.4 Å². The summed E-state index contributed by atoms with van der Waals surface area (Å²) in [5.74, 6) is 0.781. The molecule has 1 aromatic rings. The van der Waals surface area contributed by atoms with E-state index in [0.717, 1.165) is 5.69 Å². The van der Waals surface area contributed by atoms with Gasteiger partial charge in [-0.3, -0.25) is 9.67 Å². The summed E-state index contributed by atoms with van der Waals surface area (Å²) in [6.45, 7) is 3.29. The van der Waals surface area contributed by atoms with Crippen LogP contribution < -0.4 is 15.4 Å². The summed E-state index contributed by atoms with van der Waals surface area (Å²) in [7, 11) is 0.471. The quantitative estimate of drug-likeness (QED) is 0.228. The Labute approximate surface area is 149 Å². The lowest BCUT2D eigenvalue weighted by Gasteiger charge is -2.12. The number of rotatable bonds is 8. The van der Waals surface area contributed by atoms with Gasteiger partial charge in [-0.1, -0.05) is 0 Å². The van der Waals surface area contributed by atoms with Gasteiger partial charge in [-0.05, 0) is 19.4 Å². The highest BCUT2D eigenvalue weighted by Crippen LogP contribution is 1.94. The van der Waals surface area contributed by atoms with Crippen LogP contribution in [0.2, 0.25) is 0 Å². The minimum atomic E-state index is -3.10. The summed E-state index contributed by atoms with van der Waals surface area (Å²) in [5, 5.41) is 10.4. The molecule has 8 nitrogen and oxygen atoms in total. The zero-order valence-electron chi connectivity index (χ0n) is 13.2. The largest absolute Gasteiger partial charge is 0.356 e. The van der Waals surface area contributed by atoms with Crippen molar-refractivity contribution >= 4 is 40.0 Å². The Hall–Kier alpha value is -0.880. The Kier molecular flexibility index (Phi) is 10.3. The van der Waals surface area contributed by atoms with Gasteiger partial charge >= 0.3 is 0 Å². The smallest absolute Gasteiger partial charge is 0.211 e. The first-order valence-electron chi connectivity index (χ1n) is 6.87. The standard InChI is InChI=1S/C12H24N6O2S.HI/c1-4-21(19,20)17-8-5-7-14-12(13-2)15-10-11-6-9-16-18(11)3;/h6,9,17H,4-5,7-8,10H2,1-3H3,(H2,13,14,15);1H. The number of nitrogens with one attached hydrogen (secondary N) is 3. The van der Waals surface area contributed by atoms with Crippen LogP contribution in [0.15, 0.2) is 17.3 Å². The lowest BCUT2D eigenvalue weighted by molar-refractivity contribution is 0.579. The summed E-state index contributed by atoms with van der Waals surface area (Å²) < 4.78 is 26.8. The predicted octanol–water partition coefficient (Wildman–Crippen LogP) is 0.0325. The van der Waals surface area contributed by atoms with Crippen LogP contribution in [-0.2, 0) is 23.6 Å². The highest BCUT2D eigenvalue weighted by Gasteiger charge is 2.05. The summed E-state index contributed by atoms with van der Waals surface area (Å²) >= 11 is 0. The van der Waals surface area contributed by atoms with E-state index >= 15 is 0 Å². The maximum atomic E-state index is 11.2. The fourth-order valence-electron chi connectivity index (χ4n) is 1.59. The first kappa shape index (κ1) is 21.1. The first-order chi connectivity index (χ1) is 9.98. The number of guanidine groups is 1. The molecule has 0 aliphatic carbocycles. The van der Waals surface area contributed by atoms with Crippen LogP contribution >= 0.6 is 24.0 Å². The van der Waals surface area contributed by atoms with Gasteiger partial charge in [0.25, 0.3) is 0 Å². The number of nitrogens with zero attached hydrogens (tertiary/aromatic N) is 3. The molecule has 22 heavy (non-hydrogen) atoms. The third kappa shape index (κ3) is 7.94. The molecule has 1 aromatic heterocycles. The summed E-state index contributed by atoms with van der Waals surface area (Å²) in [6.07, 6.45) is 2.43. The Bertz CT molecular complexity index is 558. The first-order valence-corrected chi connectivity index (χ1v) is 8.52. The SMILES string of the molecule is CCS(=O)(=O)NCCCNC(=NC)NCc1ccnn1C.I. The van der Waals surface area contributed by atoms with Crippen LogP contribution in [0.3, 0.4) is 0 Å². The Balaban J connectivity index is 0.00000441. The van der Waals surface area contributed by atoms with Crippen molar-refractivity contribution in [3.63, 3.8) is 0 Å². The van der Waals surface area contributed by atoms with Crippen LogP contribution in [0.4, 0.5) is 0 Å². The van der Waals surface area contributed by atoms with Gasteiger partial charge in [-0.25, -0.2) is 13.1 Å². The van der Waals surface area contributed by atoms with Crippen molar-refractivity contribution in [1.82, 2.24) is 25.1 Å². The van der Waals surface area contributed by atoms with Crippen molar-refractivity contribution < 1.29 is 8.42 Å². The van der Waals surface area contributed by atoms with Gasteiger partial charge in [-0.15, -0.1) is 24.0 Å². The maximum Gasteiger partial charge on any atom is 0.211 e. The lowest BCUT2D eigenvalue weighted by Crippen LogP contribution is -2.38. The Morgan fingerprint density at radius 3 is 2.64 bits per heavy atom. The minimum absolute atomic E-state index is 0. The number of hydrogen-bond acceptors (Lipinski definition) is 4. The number of aliphatic imine (C=N–C) groups is 1. The molecular weight excluding hydrogens is 419 g/mol. The molecule has 0 saturated carbocycles. The van der Waals surface area contributed by atoms with Gasteiger partial charge < -0.3 is 10.6 Å². The second kappa shape index (κ2) is 10.8. The fraction of sp³-hybridized carbons (Fsp3) is 0.667. The molecule has 0 radical (unpaired) electrons. The van der Waals surface area contributed by atoms with Crippen LogP contribution in [-0.4, -0.2) is 50.0 Å². The normalized spacial score (nSPS) is 11.9. The second-order valence-corrected chi connectivity index (χ2v) is 6.55. The van der Waals surface area contributed by atoms with Gasteiger partial charge in [-0.2, -0.15) is 5.10 Å². The van der Waals surface area contributed by atoms with E-state index in [1.165, 1.54) is 0 Å². The van der Waals surface area contributed by atoms with Gasteiger partial charge in [0.2, 0.25) is 10.0 Å². The summed E-state index contributed by atoms with van der Waals surface area (Å²) in [5.41, 5.74) is 1.05. The van der Waals surface area contributed by atoms with E-state index in [9.17, 15) is 8.42 Å². The molecule has 0 fully saturated rings. The lowest BCUT2D eigenvalue weighted by atomic mass is 10.4. The third-order valence-electron chi connectivity index (χ3n) is 2.93. The monoisotopic (exact) mass is 444 g/mol. The number of hydrogen-bond donors (Lipinski definition) is 3. The third-order valence-corrected chi connectivity index (χ3v) is 4.34. The number of aryl methyl sites for hydroxylation is 1. The average Bonchev–Trinajstić information content (AvgIpc) is 2.87. The molecule has 1 heterocycles. The van der Waals surface area contributed by atoms with E-state index in [-0.39, 0.29) is 29.7 Å². The van der Waals surface area contributed by atoms with Crippen LogP contribution in [0.25, 0.3) is 0 Å². The van der Waals surface area contributed by atoms with Crippen LogP contribution in [0, 0.1) is 0 Å². The van der Waals surface area contributed by atoms with Crippen molar-refractivity contribution in [1.29, 1.82) is 0 Å². The van der Waals surface area contributed by atoms with E-state index in [0.29, 0.717) is 32.0 Å². The molecule has 0 aliphatic rings. The van der Waals surface area contributed by atoms with Gasteiger partial charge in [0.05, 0.1) is 18.0 Å². The van der Waals surface area contributed by atoms with Crippen molar-refractivity contribution in [2.45, 2.75) is 19.9 Å². The minimum Gasteiger partial charge on any atom is -0.356 e. The number of halogens is 1. The van der Waals surface area contributed by atoms with Gasteiger partial charge in [0.1, 0.15) is 0 Å². The summed E-state index contributed by atoms with van der Waals surface area (Å²) in [4.78, 5) is 4.11. The predicted molar refractivity (Wildman–Crippen MR) is 98.9 cm³/mol. The molecule has 10 heteroatoms. The molecule has 128 valence electrons. The molecule has 0 bridgehead atoms. The second-order valence-electron chi connectivity index (χ2n) is 4.45. The molecule has 0 saturated heterocycles. The topological polar surface area (TPSA) is 100 Å². The average molecular weight is 444 g/mol.